The van der Waals surface area contributed by atoms with Gasteiger partial charge in [0.25, 0.3) is 0 Å². The molecular weight excluding hydrogens is 440 g/mol. The number of carbonyl (C=O) groups is 2. The summed E-state index contributed by atoms with van der Waals surface area (Å²) < 4.78 is 38.4. The molecule has 0 saturated carbocycles. The Balaban J connectivity index is 1.68. The Morgan fingerprint density at radius 3 is 2.45 bits per heavy atom. The second-order valence-corrected chi connectivity index (χ2v) is 9.39. The summed E-state index contributed by atoms with van der Waals surface area (Å²) in [6.45, 7) is 3.77. The normalized spacial score (nSPS) is 12.4. The van der Waals surface area contributed by atoms with Crippen LogP contribution in [0.5, 0.6) is 5.75 Å². The van der Waals surface area contributed by atoms with E-state index in [2.05, 4.69) is 10.0 Å². The van der Waals surface area contributed by atoms with E-state index in [1.165, 1.54) is 37.5 Å². The number of esters is 1. The molecular formula is C21H22N2O6S2. The van der Waals surface area contributed by atoms with Crippen molar-refractivity contribution >= 4 is 49.0 Å². The fourth-order valence-corrected chi connectivity index (χ4v) is 4.97. The minimum atomic E-state index is -3.89. The molecule has 31 heavy (non-hydrogen) atoms. The Bertz CT molecular complexity index is 1200. The van der Waals surface area contributed by atoms with Crippen molar-refractivity contribution in [2.75, 3.05) is 19.0 Å². The molecule has 0 radical (unpaired) electrons. The molecule has 0 aliphatic heterocycles. The molecule has 164 valence electrons. The summed E-state index contributed by atoms with van der Waals surface area (Å²) in [6, 6.07) is 11.8. The Morgan fingerprint density at radius 1 is 1.10 bits per heavy atom. The molecule has 3 aromatic rings. The molecule has 1 unspecified atom stereocenters. The molecule has 2 aromatic carbocycles. The lowest BCUT2D eigenvalue weighted by atomic mass is 10.2. The van der Waals surface area contributed by atoms with Crippen LogP contribution in [0.4, 0.5) is 5.69 Å². The average molecular weight is 463 g/mol. The van der Waals surface area contributed by atoms with Crippen LogP contribution in [0.25, 0.3) is 10.1 Å². The number of thiophene rings is 1. The number of hydrogen-bond acceptors (Lipinski definition) is 7. The van der Waals surface area contributed by atoms with Gasteiger partial charge < -0.3 is 14.8 Å². The Labute approximate surface area is 184 Å². The molecule has 10 heteroatoms. The van der Waals surface area contributed by atoms with Crippen molar-refractivity contribution in [2.24, 2.45) is 0 Å². The number of anilines is 1. The fourth-order valence-electron chi connectivity index (χ4n) is 2.81. The summed E-state index contributed by atoms with van der Waals surface area (Å²) in [7, 11) is -2.57. The minimum absolute atomic E-state index is 0.0330. The lowest BCUT2D eigenvalue weighted by molar-refractivity contribution is -0.117. The van der Waals surface area contributed by atoms with Gasteiger partial charge in [-0.05, 0) is 67.8 Å². The highest BCUT2D eigenvalue weighted by Crippen LogP contribution is 2.28. The SMILES string of the molecule is CCOc1ccc(S(=O)(=O)NC(C)C(=O)Nc2ccc3sc(C(=O)OC)cc3c2)cc1. The van der Waals surface area contributed by atoms with Crippen molar-refractivity contribution in [1.82, 2.24) is 4.72 Å². The molecule has 0 fully saturated rings. The van der Waals surface area contributed by atoms with Gasteiger partial charge in [-0.15, -0.1) is 11.3 Å². The Kier molecular flexibility index (Phi) is 6.94. The molecule has 0 spiro atoms. The van der Waals surface area contributed by atoms with Crippen LogP contribution >= 0.6 is 11.3 Å². The third-order valence-electron chi connectivity index (χ3n) is 4.34. The second kappa shape index (κ2) is 9.46. The van der Waals surface area contributed by atoms with Crippen LogP contribution in [0.2, 0.25) is 0 Å². The van der Waals surface area contributed by atoms with E-state index in [0.717, 1.165) is 10.1 Å². The number of amides is 1. The van der Waals surface area contributed by atoms with Gasteiger partial charge in [-0.3, -0.25) is 4.79 Å². The third kappa shape index (κ3) is 5.40. The van der Waals surface area contributed by atoms with Gasteiger partial charge >= 0.3 is 5.97 Å². The summed E-state index contributed by atoms with van der Waals surface area (Å²) in [5, 5.41) is 3.46. The Morgan fingerprint density at radius 2 is 1.81 bits per heavy atom. The fraction of sp³-hybridized carbons (Fsp3) is 0.238. The molecule has 1 aromatic heterocycles. The summed E-state index contributed by atoms with van der Waals surface area (Å²) in [6.07, 6.45) is 0. The molecule has 0 aliphatic carbocycles. The van der Waals surface area contributed by atoms with Gasteiger partial charge in [0.2, 0.25) is 15.9 Å². The molecule has 2 N–H and O–H groups in total. The molecule has 0 aliphatic rings. The monoisotopic (exact) mass is 462 g/mol. The Hall–Kier alpha value is -2.95. The lowest BCUT2D eigenvalue weighted by Gasteiger charge is -2.15. The maximum Gasteiger partial charge on any atom is 0.348 e. The standard InChI is InChI=1S/C21H22N2O6S2/c1-4-29-16-6-8-17(9-7-16)31(26,27)23-13(2)20(24)22-15-5-10-18-14(11-15)12-19(30-18)21(25)28-3/h5-13,23H,4H2,1-3H3,(H,22,24). The van der Waals surface area contributed by atoms with Crippen molar-refractivity contribution in [3.8, 4) is 5.75 Å². The smallest absolute Gasteiger partial charge is 0.348 e. The number of nitrogens with one attached hydrogen (secondary N) is 2. The van der Waals surface area contributed by atoms with E-state index in [0.29, 0.717) is 22.9 Å². The van der Waals surface area contributed by atoms with Crippen molar-refractivity contribution in [1.29, 1.82) is 0 Å². The topological polar surface area (TPSA) is 111 Å². The van der Waals surface area contributed by atoms with E-state index < -0.39 is 27.9 Å². The summed E-state index contributed by atoms with van der Waals surface area (Å²) in [4.78, 5) is 24.7. The van der Waals surface area contributed by atoms with Crippen LogP contribution in [0.1, 0.15) is 23.5 Å². The van der Waals surface area contributed by atoms with Crippen LogP contribution in [0.3, 0.4) is 0 Å². The molecule has 0 saturated heterocycles. The molecule has 8 nitrogen and oxygen atoms in total. The van der Waals surface area contributed by atoms with Gasteiger partial charge in [0.1, 0.15) is 10.6 Å². The van der Waals surface area contributed by atoms with Gasteiger partial charge in [0.15, 0.2) is 0 Å². The molecule has 1 atom stereocenters. The number of sulfonamides is 1. The summed E-state index contributed by atoms with van der Waals surface area (Å²) >= 11 is 1.29. The zero-order chi connectivity index (χ0) is 22.6. The van der Waals surface area contributed by atoms with Crippen LogP contribution in [0, 0.1) is 0 Å². The number of rotatable bonds is 8. The number of carbonyl (C=O) groups excluding carboxylic acids is 2. The van der Waals surface area contributed by atoms with Crippen molar-refractivity contribution < 1.29 is 27.5 Å². The first-order valence-corrected chi connectivity index (χ1v) is 11.7. The second-order valence-electron chi connectivity index (χ2n) is 6.59. The van der Waals surface area contributed by atoms with Crippen LogP contribution in [-0.2, 0) is 19.6 Å². The first-order valence-electron chi connectivity index (χ1n) is 9.41. The maximum absolute atomic E-state index is 12.6. The first-order chi connectivity index (χ1) is 14.7. The number of ether oxygens (including phenoxy) is 2. The quantitative estimate of drug-likeness (QED) is 0.497. The average Bonchev–Trinajstić information content (AvgIpc) is 3.17. The van der Waals surface area contributed by atoms with Crippen LogP contribution in [0.15, 0.2) is 53.4 Å². The lowest BCUT2D eigenvalue weighted by Crippen LogP contribution is -2.41. The first kappa shape index (κ1) is 22.7. The highest BCUT2D eigenvalue weighted by Gasteiger charge is 2.22. The van der Waals surface area contributed by atoms with Gasteiger partial charge in [0.05, 0.1) is 24.7 Å². The minimum Gasteiger partial charge on any atom is -0.494 e. The number of methoxy groups -OCH3 is 1. The number of hydrogen-bond donors (Lipinski definition) is 2. The summed E-state index contributed by atoms with van der Waals surface area (Å²) in [5.74, 6) is -0.382. The largest absolute Gasteiger partial charge is 0.494 e. The van der Waals surface area contributed by atoms with Gasteiger partial charge in [-0.25, -0.2) is 13.2 Å². The molecule has 0 bridgehead atoms. The zero-order valence-electron chi connectivity index (χ0n) is 17.2. The highest BCUT2D eigenvalue weighted by molar-refractivity contribution is 7.89. The van der Waals surface area contributed by atoms with E-state index in [1.54, 1.807) is 36.4 Å². The van der Waals surface area contributed by atoms with E-state index in [4.69, 9.17) is 9.47 Å². The van der Waals surface area contributed by atoms with E-state index in [1.807, 2.05) is 6.92 Å². The van der Waals surface area contributed by atoms with Crippen LogP contribution < -0.4 is 14.8 Å². The number of fused-ring (bicyclic) bond motifs is 1. The van der Waals surface area contributed by atoms with Gasteiger partial charge in [-0.2, -0.15) is 4.72 Å². The predicted molar refractivity (Wildman–Crippen MR) is 119 cm³/mol. The predicted octanol–water partition coefficient (Wildman–Crippen LogP) is 3.39. The maximum atomic E-state index is 12.6. The van der Waals surface area contributed by atoms with Crippen molar-refractivity contribution in [2.45, 2.75) is 24.8 Å². The van der Waals surface area contributed by atoms with E-state index in [-0.39, 0.29) is 4.90 Å². The van der Waals surface area contributed by atoms with Gasteiger partial charge in [-0.1, -0.05) is 0 Å². The molecule has 1 amide bonds. The third-order valence-corrected chi connectivity index (χ3v) is 6.99. The number of benzene rings is 2. The zero-order valence-corrected chi connectivity index (χ0v) is 18.8. The van der Waals surface area contributed by atoms with Gasteiger partial charge in [0, 0.05) is 10.4 Å². The van der Waals surface area contributed by atoms with E-state index in [9.17, 15) is 18.0 Å². The van der Waals surface area contributed by atoms with Crippen LogP contribution in [-0.4, -0.2) is 40.1 Å². The van der Waals surface area contributed by atoms with Crippen molar-refractivity contribution in [3.63, 3.8) is 0 Å². The van der Waals surface area contributed by atoms with E-state index >= 15 is 0 Å². The summed E-state index contributed by atoms with van der Waals surface area (Å²) in [5.41, 5.74) is 0.485. The molecule has 3 rings (SSSR count). The highest BCUT2D eigenvalue weighted by atomic mass is 32.2. The molecule has 1 heterocycles. The van der Waals surface area contributed by atoms with Crippen molar-refractivity contribution in [3.05, 3.63) is 53.4 Å².